The number of rotatable bonds is 7. The minimum atomic E-state index is -3.81. The van der Waals surface area contributed by atoms with Crippen molar-refractivity contribution in [2.75, 3.05) is 4.72 Å². The zero-order valence-electron chi connectivity index (χ0n) is 17.3. The van der Waals surface area contributed by atoms with Crippen molar-refractivity contribution in [3.63, 3.8) is 0 Å². The van der Waals surface area contributed by atoms with Gasteiger partial charge < -0.3 is 5.32 Å². The molecule has 1 amide bonds. The number of anilines is 1. The van der Waals surface area contributed by atoms with Crippen LogP contribution >= 0.6 is 0 Å². The van der Waals surface area contributed by atoms with Crippen molar-refractivity contribution in [1.29, 1.82) is 0 Å². The molecule has 0 radical (unpaired) electrons. The monoisotopic (exact) mass is 422 g/mol. The van der Waals surface area contributed by atoms with E-state index in [1.807, 2.05) is 51.1 Å². The summed E-state index contributed by atoms with van der Waals surface area (Å²) in [7, 11) is -3.81. The van der Waals surface area contributed by atoms with Gasteiger partial charge in [0.25, 0.3) is 15.9 Å². The van der Waals surface area contributed by atoms with E-state index in [1.54, 1.807) is 30.3 Å². The molecule has 6 heteroatoms. The third-order valence-corrected chi connectivity index (χ3v) is 6.33. The molecule has 30 heavy (non-hydrogen) atoms. The van der Waals surface area contributed by atoms with E-state index in [1.165, 1.54) is 12.1 Å². The molecule has 156 valence electrons. The Kier molecular flexibility index (Phi) is 6.57. The summed E-state index contributed by atoms with van der Waals surface area (Å²) in [4.78, 5) is 12.9. The maximum absolute atomic E-state index is 12.9. The SMILES string of the molecule is CC[C@H](NC(=O)c1cccc(S(=O)(=O)Nc2cccc(C)c2)c1)c1ccccc1C. The van der Waals surface area contributed by atoms with E-state index in [4.69, 9.17) is 0 Å². The quantitative estimate of drug-likeness (QED) is 0.563. The predicted octanol–water partition coefficient (Wildman–Crippen LogP) is 4.99. The summed E-state index contributed by atoms with van der Waals surface area (Å²) in [6, 6.07) is 21.0. The molecule has 0 aliphatic rings. The number of carbonyl (C=O) groups is 1. The van der Waals surface area contributed by atoms with Crippen LogP contribution in [0.15, 0.2) is 77.7 Å². The van der Waals surface area contributed by atoms with E-state index in [9.17, 15) is 13.2 Å². The van der Waals surface area contributed by atoms with Crippen molar-refractivity contribution in [3.8, 4) is 0 Å². The average molecular weight is 423 g/mol. The van der Waals surface area contributed by atoms with Gasteiger partial charge in [-0.1, -0.05) is 49.4 Å². The maximum Gasteiger partial charge on any atom is 0.261 e. The van der Waals surface area contributed by atoms with Crippen molar-refractivity contribution in [3.05, 3.63) is 95.1 Å². The van der Waals surface area contributed by atoms with Crippen LogP contribution < -0.4 is 10.0 Å². The molecule has 0 aliphatic heterocycles. The highest BCUT2D eigenvalue weighted by atomic mass is 32.2. The number of amides is 1. The van der Waals surface area contributed by atoms with Crippen LogP contribution in [0.5, 0.6) is 0 Å². The minimum absolute atomic E-state index is 0.0422. The summed E-state index contributed by atoms with van der Waals surface area (Å²) in [5, 5.41) is 3.02. The van der Waals surface area contributed by atoms with Crippen LogP contribution in [0.3, 0.4) is 0 Å². The Morgan fingerprint density at radius 2 is 1.67 bits per heavy atom. The lowest BCUT2D eigenvalue weighted by Gasteiger charge is -2.19. The fourth-order valence-corrected chi connectivity index (χ4v) is 4.44. The number of nitrogens with one attached hydrogen (secondary N) is 2. The van der Waals surface area contributed by atoms with Gasteiger partial charge in [-0.3, -0.25) is 9.52 Å². The third kappa shape index (κ3) is 5.07. The first-order valence-electron chi connectivity index (χ1n) is 9.86. The molecule has 2 N–H and O–H groups in total. The molecule has 0 saturated carbocycles. The standard InChI is InChI=1S/C24H26N2O3S/c1-4-23(22-14-6-5-10-18(22)3)25-24(27)19-11-8-13-21(16-19)30(28,29)26-20-12-7-9-17(2)15-20/h5-16,23,26H,4H2,1-3H3,(H,25,27)/t23-/m0/s1. The molecule has 1 atom stereocenters. The largest absolute Gasteiger partial charge is 0.345 e. The van der Waals surface area contributed by atoms with E-state index < -0.39 is 10.0 Å². The fourth-order valence-electron chi connectivity index (χ4n) is 3.35. The highest BCUT2D eigenvalue weighted by molar-refractivity contribution is 7.92. The summed E-state index contributed by atoms with van der Waals surface area (Å²) in [6.45, 7) is 5.90. The van der Waals surface area contributed by atoms with Crippen molar-refractivity contribution in [2.24, 2.45) is 0 Å². The number of sulfonamides is 1. The zero-order valence-corrected chi connectivity index (χ0v) is 18.2. The lowest BCUT2D eigenvalue weighted by molar-refractivity contribution is 0.0935. The number of hydrogen-bond acceptors (Lipinski definition) is 3. The van der Waals surface area contributed by atoms with Crippen LogP contribution in [0, 0.1) is 13.8 Å². The summed E-state index contributed by atoms with van der Waals surface area (Å²) in [6.07, 6.45) is 0.726. The van der Waals surface area contributed by atoms with Crippen LogP contribution in [-0.4, -0.2) is 14.3 Å². The predicted molar refractivity (Wildman–Crippen MR) is 120 cm³/mol. The molecular weight excluding hydrogens is 396 g/mol. The van der Waals surface area contributed by atoms with Gasteiger partial charge in [0.15, 0.2) is 0 Å². The molecule has 3 aromatic carbocycles. The molecule has 3 rings (SSSR count). The normalized spacial score (nSPS) is 12.2. The van der Waals surface area contributed by atoms with Crippen LogP contribution in [0.25, 0.3) is 0 Å². The second-order valence-corrected chi connectivity index (χ2v) is 8.98. The van der Waals surface area contributed by atoms with Crippen LogP contribution in [-0.2, 0) is 10.0 Å². The molecule has 0 spiro atoms. The van der Waals surface area contributed by atoms with Gasteiger partial charge in [-0.15, -0.1) is 0 Å². The highest BCUT2D eigenvalue weighted by Crippen LogP contribution is 2.22. The number of hydrogen-bond donors (Lipinski definition) is 2. The van der Waals surface area contributed by atoms with Gasteiger partial charge in [-0.05, 0) is 67.3 Å². The van der Waals surface area contributed by atoms with E-state index in [0.717, 1.165) is 23.1 Å². The van der Waals surface area contributed by atoms with Crippen LogP contribution in [0.4, 0.5) is 5.69 Å². The van der Waals surface area contributed by atoms with E-state index >= 15 is 0 Å². The fraction of sp³-hybridized carbons (Fsp3) is 0.208. The molecule has 0 fully saturated rings. The molecule has 0 saturated heterocycles. The van der Waals surface area contributed by atoms with Gasteiger partial charge in [-0.2, -0.15) is 0 Å². The van der Waals surface area contributed by atoms with E-state index in [2.05, 4.69) is 10.0 Å². The van der Waals surface area contributed by atoms with Crippen molar-refractivity contribution in [2.45, 2.75) is 38.1 Å². The first kappa shape index (κ1) is 21.6. The van der Waals surface area contributed by atoms with Gasteiger partial charge in [-0.25, -0.2) is 8.42 Å². The first-order valence-corrected chi connectivity index (χ1v) is 11.3. The Morgan fingerprint density at radius 3 is 2.37 bits per heavy atom. The van der Waals surface area contributed by atoms with Gasteiger partial charge in [0.1, 0.15) is 0 Å². The lowest BCUT2D eigenvalue weighted by atomic mass is 9.99. The van der Waals surface area contributed by atoms with Crippen molar-refractivity contribution in [1.82, 2.24) is 5.32 Å². The smallest absolute Gasteiger partial charge is 0.261 e. The Balaban J connectivity index is 1.82. The number of benzene rings is 3. The summed E-state index contributed by atoms with van der Waals surface area (Å²) < 4.78 is 28.1. The highest BCUT2D eigenvalue weighted by Gasteiger charge is 2.19. The van der Waals surface area contributed by atoms with Crippen molar-refractivity contribution < 1.29 is 13.2 Å². The number of carbonyl (C=O) groups excluding carboxylic acids is 1. The number of aryl methyl sites for hydroxylation is 2. The lowest BCUT2D eigenvalue weighted by Crippen LogP contribution is -2.28. The van der Waals surface area contributed by atoms with Crippen LogP contribution in [0.1, 0.15) is 46.4 Å². The Labute approximate surface area is 178 Å². The van der Waals surface area contributed by atoms with Gasteiger partial charge >= 0.3 is 0 Å². The maximum atomic E-state index is 12.9. The summed E-state index contributed by atoms with van der Waals surface area (Å²) >= 11 is 0. The van der Waals surface area contributed by atoms with Gasteiger partial charge in [0.2, 0.25) is 0 Å². The molecular formula is C24H26N2O3S. The second-order valence-electron chi connectivity index (χ2n) is 7.29. The molecule has 0 bridgehead atoms. The second kappa shape index (κ2) is 9.13. The molecule has 0 aromatic heterocycles. The topological polar surface area (TPSA) is 75.3 Å². The van der Waals surface area contributed by atoms with Gasteiger partial charge in [0.05, 0.1) is 10.9 Å². The molecule has 0 aliphatic carbocycles. The van der Waals surface area contributed by atoms with E-state index in [0.29, 0.717) is 11.3 Å². The Hall–Kier alpha value is -3.12. The summed E-state index contributed by atoms with van der Waals surface area (Å²) in [5.74, 6) is -0.308. The van der Waals surface area contributed by atoms with Gasteiger partial charge in [0, 0.05) is 11.3 Å². The Morgan fingerprint density at radius 1 is 0.933 bits per heavy atom. The molecule has 0 heterocycles. The third-order valence-electron chi connectivity index (χ3n) is 4.95. The minimum Gasteiger partial charge on any atom is -0.345 e. The van der Waals surface area contributed by atoms with E-state index in [-0.39, 0.29) is 16.8 Å². The van der Waals surface area contributed by atoms with Crippen LogP contribution in [0.2, 0.25) is 0 Å². The average Bonchev–Trinajstić information content (AvgIpc) is 2.72. The molecule has 3 aromatic rings. The van der Waals surface area contributed by atoms with Crippen molar-refractivity contribution >= 4 is 21.6 Å². The summed E-state index contributed by atoms with van der Waals surface area (Å²) in [5.41, 5.74) is 3.89. The Bertz CT molecular complexity index is 1160. The first-order chi connectivity index (χ1) is 14.3. The molecule has 5 nitrogen and oxygen atoms in total. The zero-order chi connectivity index (χ0) is 21.7. The molecule has 0 unspecified atom stereocenters.